The Morgan fingerprint density at radius 1 is 1.09 bits per heavy atom. The third-order valence-corrected chi connectivity index (χ3v) is 7.78. The van der Waals surface area contributed by atoms with Gasteiger partial charge in [-0.3, -0.25) is 24.0 Å². The van der Waals surface area contributed by atoms with Crippen molar-refractivity contribution >= 4 is 46.6 Å². The van der Waals surface area contributed by atoms with Gasteiger partial charge < -0.3 is 11.1 Å². The summed E-state index contributed by atoms with van der Waals surface area (Å²) in [5.41, 5.74) is 8.98. The molecule has 2 atom stereocenters. The van der Waals surface area contributed by atoms with Crippen molar-refractivity contribution in [3.8, 4) is 17.5 Å². The molecule has 0 aliphatic heterocycles. The number of fused-ring (bicyclic) bond motifs is 1. The second-order valence-electron chi connectivity index (χ2n) is 10.2. The van der Waals surface area contributed by atoms with E-state index >= 15 is 0 Å². The van der Waals surface area contributed by atoms with Crippen LogP contribution in [0.5, 0.6) is 0 Å². The van der Waals surface area contributed by atoms with Gasteiger partial charge in [0.15, 0.2) is 11.6 Å². The monoisotopic (exact) mass is 620 g/mol. The molecule has 0 aliphatic carbocycles. The van der Waals surface area contributed by atoms with Crippen LogP contribution in [0.1, 0.15) is 58.1 Å². The number of aromatic nitrogens is 6. The normalized spacial score (nSPS) is 12.6. The Hall–Kier alpha value is -5.45. The minimum atomic E-state index is -0.728. The predicted octanol–water partition coefficient (Wildman–Crippen LogP) is 3.88. The number of nitrogens with two attached hydrogens (primary N) is 2. The highest BCUT2D eigenvalue weighted by Crippen LogP contribution is 2.27. The lowest BCUT2D eigenvalue weighted by atomic mass is 10.1. The maximum atomic E-state index is 14.3. The number of para-hydroxylation sites is 1. The molecule has 5 rings (SSSR count). The molecule has 2 unspecified atom stereocenters. The number of benzene rings is 2. The molecular weight excluding hydrogens is 588 g/mol. The van der Waals surface area contributed by atoms with Crippen LogP contribution in [0, 0.1) is 11.8 Å². The number of carbonyl (C=O) groups excluding carboxylic acids is 1. The van der Waals surface area contributed by atoms with Crippen LogP contribution < -0.4 is 21.7 Å². The first-order chi connectivity index (χ1) is 21.7. The van der Waals surface area contributed by atoms with Crippen LogP contribution in [-0.4, -0.2) is 41.2 Å². The van der Waals surface area contributed by atoms with Gasteiger partial charge >= 0.3 is 0 Å². The van der Waals surface area contributed by atoms with Crippen molar-refractivity contribution in [1.82, 2.24) is 34.4 Å². The Morgan fingerprint density at radius 3 is 2.53 bits per heavy atom. The highest BCUT2D eigenvalue weighted by Gasteiger charge is 2.25. The van der Waals surface area contributed by atoms with Gasteiger partial charge in [-0.05, 0) is 38.1 Å². The number of anilines is 1. The van der Waals surface area contributed by atoms with E-state index in [1.165, 1.54) is 33.5 Å². The van der Waals surface area contributed by atoms with Crippen LogP contribution in [0.4, 0.5) is 11.6 Å². The van der Waals surface area contributed by atoms with Crippen LogP contribution in [0.15, 0.2) is 77.2 Å². The molecule has 0 bridgehead atoms. The lowest BCUT2D eigenvalue weighted by molar-refractivity contribution is 0.0939. The molecule has 45 heavy (non-hydrogen) atoms. The molecule has 0 saturated carbocycles. The summed E-state index contributed by atoms with van der Waals surface area (Å²) < 4.78 is 4.65. The summed E-state index contributed by atoms with van der Waals surface area (Å²) in [6.45, 7) is 7.35. The number of hydrogen-bond donors (Lipinski definition) is 3. The molecule has 1 amide bonds. The van der Waals surface area contributed by atoms with Gasteiger partial charge in [0.05, 0.1) is 45.3 Å². The molecule has 228 valence electrons. The van der Waals surface area contributed by atoms with Crippen molar-refractivity contribution in [3.05, 3.63) is 106 Å². The van der Waals surface area contributed by atoms with E-state index in [0.717, 1.165) is 11.3 Å². The van der Waals surface area contributed by atoms with Crippen molar-refractivity contribution in [2.24, 2.45) is 24.2 Å². The van der Waals surface area contributed by atoms with Gasteiger partial charge in [-0.25, -0.2) is 14.7 Å². The number of nitrogen functional groups attached to an aromatic ring is 1. The van der Waals surface area contributed by atoms with E-state index in [0.29, 0.717) is 28.0 Å². The molecule has 0 radical (unpaired) electrons. The van der Waals surface area contributed by atoms with E-state index < -0.39 is 11.9 Å². The highest BCUT2D eigenvalue weighted by molar-refractivity contribution is 7.97. The number of aryl methyl sites for hydroxylation is 2. The summed E-state index contributed by atoms with van der Waals surface area (Å²) in [4.78, 5) is 37.0. The van der Waals surface area contributed by atoms with Gasteiger partial charge in [0, 0.05) is 25.9 Å². The lowest BCUT2D eigenvalue weighted by Crippen LogP contribution is -2.33. The third-order valence-electron chi connectivity index (χ3n) is 7.15. The number of carbonyl (C=O) groups is 1. The first-order valence-corrected chi connectivity index (χ1v) is 14.9. The minimum absolute atomic E-state index is 0.0183. The fourth-order valence-electron chi connectivity index (χ4n) is 5.05. The third kappa shape index (κ3) is 6.01. The van der Waals surface area contributed by atoms with Crippen LogP contribution in [0.3, 0.4) is 0 Å². The molecule has 0 spiro atoms. The van der Waals surface area contributed by atoms with Crippen LogP contribution >= 0.6 is 11.9 Å². The van der Waals surface area contributed by atoms with Crippen molar-refractivity contribution in [2.45, 2.75) is 25.1 Å². The molecule has 13 heteroatoms. The van der Waals surface area contributed by atoms with Crippen LogP contribution in [0.2, 0.25) is 0 Å². The maximum absolute atomic E-state index is 14.3. The molecular formula is C32H32N10O2S. The molecule has 2 aromatic carbocycles. The second kappa shape index (κ2) is 13.0. The minimum Gasteiger partial charge on any atom is -0.381 e. The number of aliphatic imine (C=N–C) groups is 1. The second-order valence-corrected chi connectivity index (χ2v) is 11.1. The fourth-order valence-corrected chi connectivity index (χ4v) is 5.46. The van der Waals surface area contributed by atoms with E-state index in [9.17, 15) is 9.59 Å². The molecule has 3 heterocycles. The summed E-state index contributed by atoms with van der Waals surface area (Å²) in [6.07, 6.45) is 4.62. The number of rotatable bonds is 8. The van der Waals surface area contributed by atoms with Crippen LogP contribution in [-0.2, 0) is 14.1 Å². The average molecular weight is 621 g/mol. The first-order valence-electron chi connectivity index (χ1n) is 13.9. The SMILES string of the molecule is C=C/C=N\c1c(C(=O)NC(C)c2nc3cccc(C#Cc4cnn(C)c4C(C)SN)c3c(=O)n2-c2ccccc2)c(N)nn1C. The van der Waals surface area contributed by atoms with Crippen molar-refractivity contribution in [1.29, 1.82) is 0 Å². The predicted molar refractivity (Wildman–Crippen MR) is 179 cm³/mol. The molecule has 0 fully saturated rings. The zero-order valence-corrected chi connectivity index (χ0v) is 26.0. The van der Waals surface area contributed by atoms with Crippen molar-refractivity contribution in [3.63, 3.8) is 0 Å². The topological polar surface area (TPSA) is 164 Å². The fraction of sp³-hybridized carbons (Fsp3) is 0.188. The summed E-state index contributed by atoms with van der Waals surface area (Å²) >= 11 is 1.21. The van der Waals surface area contributed by atoms with Gasteiger partial charge in [0.25, 0.3) is 11.5 Å². The lowest BCUT2D eigenvalue weighted by Gasteiger charge is -2.20. The number of allylic oxidation sites excluding steroid dienone is 1. The molecule has 5 N–H and O–H groups in total. The number of amides is 1. The van der Waals surface area contributed by atoms with Gasteiger partial charge in [0.1, 0.15) is 11.4 Å². The Balaban J connectivity index is 1.63. The van der Waals surface area contributed by atoms with Crippen molar-refractivity contribution in [2.75, 3.05) is 5.73 Å². The van der Waals surface area contributed by atoms with E-state index in [1.807, 2.05) is 32.2 Å². The van der Waals surface area contributed by atoms with E-state index in [1.54, 1.807) is 55.2 Å². The number of nitrogens with one attached hydrogen (secondary N) is 1. The zero-order chi connectivity index (χ0) is 32.2. The van der Waals surface area contributed by atoms with E-state index in [-0.39, 0.29) is 28.0 Å². The molecule has 12 nitrogen and oxygen atoms in total. The quantitative estimate of drug-likeness (QED) is 0.134. The Morgan fingerprint density at radius 2 is 1.82 bits per heavy atom. The highest BCUT2D eigenvalue weighted by atomic mass is 32.2. The molecule has 0 aliphatic rings. The largest absolute Gasteiger partial charge is 0.381 e. The Kier molecular flexibility index (Phi) is 8.98. The molecule has 3 aromatic heterocycles. The zero-order valence-electron chi connectivity index (χ0n) is 25.2. The van der Waals surface area contributed by atoms with Crippen LogP contribution in [0.25, 0.3) is 16.6 Å². The number of hydrogen-bond acceptors (Lipinski definition) is 9. The average Bonchev–Trinajstić information content (AvgIpc) is 3.55. The summed E-state index contributed by atoms with van der Waals surface area (Å²) in [5.74, 6) is 6.44. The Labute approximate surface area is 264 Å². The van der Waals surface area contributed by atoms with Gasteiger partial charge in [-0.15, -0.1) is 0 Å². The standard InChI is InChI=1S/C32H32N10O2S/c1-6-17-35-30-26(28(33)39-41(30)5)31(43)37-19(2)29-38-24-14-10-11-21(15-16-22-18-36-40(4)27(22)20(3)45-34)25(24)32(44)42(29)23-12-8-7-9-13-23/h6-14,17-20H,1,34H2,2-5H3,(H2,33,39)(H,37,43)/b35-17-. The van der Waals surface area contributed by atoms with Gasteiger partial charge in [0.2, 0.25) is 0 Å². The van der Waals surface area contributed by atoms with Crippen molar-refractivity contribution < 1.29 is 4.79 Å². The smallest absolute Gasteiger partial charge is 0.267 e. The van der Waals surface area contributed by atoms with E-state index in [2.05, 4.69) is 38.9 Å². The summed E-state index contributed by atoms with van der Waals surface area (Å²) in [6, 6.07) is 13.7. The van der Waals surface area contributed by atoms with Gasteiger partial charge in [-0.2, -0.15) is 10.2 Å². The van der Waals surface area contributed by atoms with Gasteiger partial charge in [-0.1, -0.05) is 60.7 Å². The Bertz CT molecular complexity index is 2060. The summed E-state index contributed by atoms with van der Waals surface area (Å²) in [7, 11) is 3.48. The maximum Gasteiger partial charge on any atom is 0.267 e. The molecule has 0 saturated heterocycles. The first kappa shape index (κ1) is 31.0. The summed E-state index contributed by atoms with van der Waals surface area (Å²) in [5, 5.41) is 17.6. The number of nitrogens with zero attached hydrogens (tertiary/aromatic N) is 7. The molecule has 5 aromatic rings. The van der Waals surface area contributed by atoms with E-state index in [4.69, 9.17) is 15.9 Å².